The van der Waals surface area contributed by atoms with E-state index in [9.17, 15) is 0 Å². The summed E-state index contributed by atoms with van der Waals surface area (Å²) in [6.07, 6.45) is 8.53. The van der Waals surface area contributed by atoms with Crippen molar-refractivity contribution in [2.45, 2.75) is 27.7 Å². The fourth-order valence-corrected chi connectivity index (χ4v) is 2.28. The van der Waals surface area contributed by atoms with Crippen LogP contribution in [0.4, 0.5) is 0 Å². The Hall–Kier alpha value is -1.70. The van der Waals surface area contributed by atoms with Gasteiger partial charge in [0.25, 0.3) is 0 Å². The predicted octanol–water partition coefficient (Wildman–Crippen LogP) is -9.02. The molecule has 0 aromatic carbocycles. The number of rotatable bonds is 0. The molecule has 0 bridgehead atoms. The molecule has 0 fully saturated rings. The Morgan fingerprint density at radius 3 is 0.786 bits per heavy atom. The average Bonchev–Trinajstić information content (AvgIpc) is 2.46. The van der Waals surface area contributed by atoms with Crippen molar-refractivity contribution in [3.8, 4) is 0 Å². The molecule has 0 saturated heterocycles. The number of hydrogen-bond donors (Lipinski definition) is 2. The molecule has 2 aliphatic rings. The molecule has 10 nitrogen and oxygen atoms in total. The van der Waals surface area contributed by atoms with Crippen molar-refractivity contribution in [1.82, 2.24) is 0 Å². The summed E-state index contributed by atoms with van der Waals surface area (Å²) >= 11 is 0. The Morgan fingerprint density at radius 2 is 0.643 bits per heavy atom. The van der Waals surface area contributed by atoms with Crippen LogP contribution >= 0.6 is 0 Å². The van der Waals surface area contributed by atoms with Crippen LogP contribution in [0.25, 0.3) is 0 Å². The first kappa shape index (κ1) is 26.3. The van der Waals surface area contributed by atoms with E-state index in [1.165, 1.54) is 11.1 Å². The van der Waals surface area contributed by atoms with Gasteiger partial charge in [-0.15, -0.1) is 20.5 Å². The fourth-order valence-electron chi connectivity index (χ4n) is 2.28. The quantitative estimate of drug-likeness (QED) is 0.366. The van der Waals surface area contributed by atoms with Crippen LogP contribution < -0.4 is 48.1 Å². The first-order valence-corrected chi connectivity index (χ1v) is 9.84. The molecule has 0 heterocycles. The monoisotopic (exact) mass is 438 g/mol. The molecule has 2 aliphatic carbocycles. The van der Waals surface area contributed by atoms with Crippen LogP contribution in [0.2, 0.25) is 0 Å². The van der Waals surface area contributed by atoms with E-state index in [1.807, 2.05) is 27.7 Å². The maximum absolute atomic E-state index is 8.49. The summed E-state index contributed by atoms with van der Waals surface area (Å²) in [4.78, 5) is 0. The van der Waals surface area contributed by atoms with Crippen molar-refractivity contribution >= 4 is 11.4 Å². The number of halogens is 2. The highest BCUT2D eigenvalue weighted by Gasteiger charge is 2.19. The highest BCUT2D eigenvalue weighted by Crippen LogP contribution is 2.26. The molecule has 0 unspecified atom stereocenters. The molecule has 0 aromatic heterocycles. The molecule has 0 amide bonds. The van der Waals surface area contributed by atoms with Crippen LogP contribution in [0.1, 0.15) is 27.7 Å². The molecule has 0 spiro atoms. The topological polar surface area (TPSA) is 236 Å². The minimum atomic E-state index is -4.94. The second kappa shape index (κ2) is 10.2. The van der Waals surface area contributed by atoms with Crippen molar-refractivity contribution in [3.05, 3.63) is 57.7 Å². The molecule has 2 rings (SSSR count). The summed E-state index contributed by atoms with van der Waals surface area (Å²) in [5, 5.41) is 12.0. The highest BCUT2D eigenvalue weighted by molar-refractivity contribution is 6.11. The van der Waals surface area contributed by atoms with E-state index in [1.54, 1.807) is 0 Å². The van der Waals surface area contributed by atoms with Gasteiger partial charge in [-0.1, -0.05) is 0 Å². The second-order valence-corrected chi connectivity index (χ2v) is 7.32. The smallest absolute Gasteiger partial charge is 0.202 e. The third-order valence-corrected chi connectivity index (χ3v) is 3.52. The van der Waals surface area contributed by atoms with E-state index in [0.717, 1.165) is 33.7 Å². The van der Waals surface area contributed by atoms with Crippen LogP contribution in [0.5, 0.6) is 0 Å². The van der Waals surface area contributed by atoms with Crippen molar-refractivity contribution in [2.75, 3.05) is 0 Å². The van der Waals surface area contributed by atoms with E-state index in [0.29, 0.717) is 0 Å². The largest absolute Gasteiger partial charge is 0.254 e. The highest BCUT2D eigenvalue weighted by atomic mass is 35.7. The first-order chi connectivity index (χ1) is 12.4. The van der Waals surface area contributed by atoms with E-state index in [-0.39, 0.29) is 0 Å². The second-order valence-electron chi connectivity index (χ2n) is 5.80. The number of nitrogens with two attached hydrogens (primary N) is 2. The molecular weight excluding hydrogens is 419 g/mol. The lowest BCUT2D eigenvalue weighted by Crippen LogP contribution is -2.68. The van der Waals surface area contributed by atoms with Crippen LogP contribution in [0, 0.1) is 20.5 Å². The molecule has 156 valence electrons. The molecule has 0 atom stereocenters. The zero-order valence-corrected chi connectivity index (χ0v) is 17.0. The Morgan fingerprint density at radius 1 is 0.500 bits per heavy atom. The fraction of sp³-hybridized carbons (Fsp3) is 0.250. The summed E-state index contributed by atoms with van der Waals surface area (Å²) < 4.78 is 67.9. The van der Waals surface area contributed by atoms with Crippen molar-refractivity contribution in [2.24, 2.45) is 0 Å². The maximum Gasteiger partial charge on any atom is 0.202 e. The molecule has 0 aromatic rings. The van der Waals surface area contributed by atoms with Crippen molar-refractivity contribution in [3.63, 3.8) is 0 Å². The summed E-state index contributed by atoms with van der Waals surface area (Å²) in [6, 6.07) is 0. The van der Waals surface area contributed by atoms with Crippen LogP contribution in [-0.2, 0) is 0 Å². The summed E-state index contributed by atoms with van der Waals surface area (Å²) in [7, 11) is -9.89. The van der Waals surface area contributed by atoms with E-state index < -0.39 is 20.5 Å². The number of allylic oxidation sites excluding steroid dienone is 10. The van der Waals surface area contributed by atoms with Gasteiger partial charge in [-0.2, -0.15) is 0 Å². The van der Waals surface area contributed by atoms with Gasteiger partial charge in [0.2, 0.25) is 11.4 Å². The van der Waals surface area contributed by atoms with Gasteiger partial charge in [-0.05, 0) is 63.1 Å². The Bertz CT molecular complexity index is 670. The Balaban J connectivity index is 0.000000607. The third-order valence-electron chi connectivity index (χ3n) is 3.52. The van der Waals surface area contributed by atoms with Gasteiger partial charge in [-0.25, -0.2) is 37.3 Å². The van der Waals surface area contributed by atoms with Gasteiger partial charge < -0.3 is 0 Å². The lowest BCUT2D eigenvalue weighted by Gasteiger charge is -2.17. The Labute approximate surface area is 165 Å². The standard InChI is InChI=1S/C16H18N2.2ClHO4/c1-9-5-13(6-10(2)15(9)17)14-7-11(3)16(18)12(4)8-14;2*2-1(3,4)5/h5-8,17-18H,1-4H3;2*(H,2,3,4,5). The maximum atomic E-state index is 8.49. The van der Waals surface area contributed by atoms with Gasteiger partial charge in [0, 0.05) is 22.3 Å². The summed E-state index contributed by atoms with van der Waals surface area (Å²) in [6.45, 7) is 8.18. The average molecular weight is 439 g/mol. The van der Waals surface area contributed by atoms with Crippen molar-refractivity contribution in [1.29, 1.82) is 0 Å². The zero-order valence-electron chi connectivity index (χ0n) is 15.5. The molecule has 4 N–H and O–H groups in total. The van der Waals surface area contributed by atoms with Gasteiger partial charge in [-0.3, -0.25) is 10.8 Å². The summed E-state index contributed by atoms with van der Waals surface area (Å²) in [5.74, 6) is 0. The Kier molecular flexibility index (Phi) is 9.57. The normalized spacial score (nSPS) is 17.4. The van der Waals surface area contributed by atoms with Crippen molar-refractivity contribution < 1.29 is 68.6 Å². The first-order valence-electron chi connectivity index (χ1n) is 7.37. The van der Waals surface area contributed by atoms with E-state index in [2.05, 4.69) is 24.3 Å². The van der Waals surface area contributed by atoms with Crippen LogP contribution in [-0.4, -0.2) is 11.4 Å². The van der Waals surface area contributed by atoms with Gasteiger partial charge in [0.15, 0.2) is 0 Å². The van der Waals surface area contributed by atoms with Crippen LogP contribution in [0.15, 0.2) is 57.7 Å². The van der Waals surface area contributed by atoms with Crippen LogP contribution in [0.3, 0.4) is 0 Å². The molecule has 0 radical (unpaired) electrons. The van der Waals surface area contributed by atoms with Gasteiger partial charge in [0.1, 0.15) is 0 Å². The third kappa shape index (κ3) is 11.2. The number of hydrogen-bond acceptors (Lipinski definition) is 8. The molecule has 12 heteroatoms. The molecule has 0 saturated carbocycles. The lowest BCUT2D eigenvalue weighted by atomic mass is 9.88. The van der Waals surface area contributed by atoms with E-state index in [4.69, 9.17) is 48.1 Å². The van der Waals surface area contributed by atoms with E-state index >= 15 is 0 Å². The van der Waals surface area contributed by atoms with Gasteiger partial charge in [0.05, 0.1) is 0 Å². The molecule has 0 aliphatic heterocycles. The summed E-state index contributed by atoms with van der Waals surface area (Å²) in [5.41, 5.74) is 8.64. The lowest BCUT2D eigenvalue weighted by molar-refractivity contribution is -2.00. The molecular formula is C16H20Cl2N2O8. The SMILES string of the molecule is CC1=CC(=C2C=C(C)C(=[NH2+])C(C)=C2)C=C(C)C1=[NH2+].[O-][Cl+3]([O-])([O-])[O-].[O-][Cl+3]([O-])([O-])[O-]. The predicted molar refractivity (Wildman–Crippen MR) is 75.9 cm³/mol. The zero-order chi connectivity index (χ0) is 22.4. The minimum Gasteiger partial charge on any atom is -0.254 e. The van der Waals surface area contributed by atoms with Gasteiger partial charge >= 0.3 is 0 Å². The minimum absolute atomic E-state index is 0.877. The molecule has 28 heavy (non-hydrogen) atoms.